The maximum absolute atomic E-state index is 11.0. The highest BCUT2D eigenvalue weighted by molar-refractivity contribution is 8.06. The fraction of sp³-hybridized carbons (Fsp3) is 0.714. The zero-order valence-corrected chi connectivity index (χ0v) is 6.89. The van der Waals surface area contributed by atoms with Crippen LogP contribution in [0.2, 0.25) is 0 Å². The lowest BCUT2D eigenvalue weighted by Crippen LogP contribution is -2.32. The van der Waals surface area contributed by atoms with E-state index >= 15 is 0 Å². The first-order chi connectivity index (χ1) is 5.27. The monoisotopic (exact) mass is 171 g/mol. The Kier molecular flexibility index (Phi) is 1.64. The molecule has 2 aliphatic rings. The number of likely N-dealkylation sites (tertiary alicyclic amines) is 1. The second-order valence-electron chi connectivity index (χ2n) is 2.85. The van der Waals surface area contributed by atoms with Gasteiger partial charge in [-0.2, -0.15) is 11.8 Å². The summed E-state index contributed by atoms with van der Waals surface area (Å²) < 4.78 is 0. The molecule has 0 spiro atoms. The van der Waals surface area contributed by atoms with Crippen LogP contribution in [0.1, 0.15) is 12.8 Å². The molecule has 3 nitrogen and oxygen atoms in total. The molecule has 0 unspecified atom stereocenters. The molecule has 2 rings (SSSR count). The van der Waals surface area contributed by atoms with E-state index in [1.165, 1.54) is 4.90 Å². The van der Waals surface area contributed by atoms with Crippen LogP contribution in [-0.4, -0.2) is 34.3 Å². The first-order valence-electron chi connectivity index (χ1n) is 3.72. The molecule has 0 aliphatic carbocycles. The second-order valence-corrected chi connectivity index (χ2v) is 4.19. The van der Waals surface area contributed by atoms with Crippen LogP contribution in [0, 0.1) is 0 Å². The first kappa shape index (κ1) is 7.16. The summed E-state index contributed by atoms with van der Waals surface area (Å²) >= 11 is 1.81. The van der Waals surface area contributed by atoms with Crippen molar-refractivity contribution in [2.24, 2.45) is 0 Å². The van der Waals surface area contributed by atoms with Gasteiger partial charge in [0, 0.05) is 30.4 Å². The van der Waals surface area contributed by atoms with Gasteiger partial charge in [0.2, 0.25) is 11.8 Å². The highest BCUT2D eigenvalue weighted by Crippen LogP contribution is 2.31. The molecule has 0 saturated carbocycles. The van der Waals surface area contributed by atoms with E-state index in [4.69, 9.17) is 0 Å². The van der Waals surface area contributed by atoms with Gasteiger partial charge >= 0.3 is 0 Å². The summed E-state index contributed by atoms with van der Waals surface area (Å²) in [6.45, 7) is 0.655. The van der Waals surface area contributed by atoms with Gasteiger partial charge < -0.3 is 0 Å². The SMILES string of the molecule is O=C1CCC(=O)N1C[C@H]1CS1. The van der Waals surface area contributed by atoms with Crippen LogP contribution in [-0.2, 0) is 9.59 Å². The molecule has 0 aromatic rings. The lowest BCUT2D eigenvalue weighted by Gasteiger charge is -2.11. The van der Waals surface area contributed by atoms with Crippen molar-refractivity contribution in [3.05, 3.63) is 0 Å². The number of carbonyl (C=O) groups excluding carboxylic acids is 2. The van der Waals surface area contributed by atoms with Crippen molar-refractivity contribution in [2.75, 3.05) is 12.3 Å². The van der Waals surface area contributed by atoms with Crippen LogP contribution >= 0.6 is 11.8 Å². The molecular formula is C7H9NO2S. The number of hydrogen-bond acceptors (Lipinski definition) is 3. The standard InChI is InChI=1S/C7H9NO2S/c9-6-1-2-7(10)8(6)3-5-4-11-5/h5H,1-4H2/t5-/m0/s1. The van der Waals surface area contributed by atoms with E-state index in [0.717, 1.165) is 5.75 Å². The van der Waals surface area contributed by atoms with Crippen LogP contribution in [0.25, 0.3) is 0 Å². The maximum atomic E-state index is 11.0. The van der Waals surface area contributed by atoms with Crippen molar-refractivity contribution in [2.45, 2.75) is 18.1 Å². The minimum absolute atomic E-state index is 0.0162. The van der Waals surface area contributed by atoms with Gasteiger partial charge in [-0.05, 0) is 0 Å². The first-order valence-corrected chi connectivity index (χ1v) is 4.77. The lowest BCUT2D eigenvalue weighted by molar-refractivity contribution is -0.138. The molecule has 2 fully saturated rings. The van der Waals surface area contributed by atoms with Crippen molar-refractivity contribution in [3.63, 3.8) is 0 Å². The minimum atomic E-state index is 0.0162. The van der Waals surface area contributed by atoms with Crippen molar-refractivity contribution >= 4 is 23.6 Å². The number of carbonyl (C=O) groups is 2. The fourth-order valence-corrected chi connectivity index (χ4v) is 1.70. The van der Waals surface area contributed by atoms with E-state index in [1.54, 1.807) is 0 Å². The van der Waals surface area contributed by atoms with Gasteiger partial charge in [-0.25, -0.2) is 0 Å². The molecular weight excluding hydrogens is 162 g/mol. The molecule has 0 radical (unpaired) electrons. The molecule has 2 saturated heterocycles. The number of nitrogens with zero attached hydrogens (tertiary/aromatic N) is 1. The summed E-state index contributed by atoms with van der Waals surface area (Å²) in [6, 6.07) is 0. The number of hydrogen-bond donors (Lipinski definition) is 0. The zero-order chi connectivity index (χ0) is 7.84. The van der Waals surface area contributed by atoms with E-state index < -0.39 is 0 Å². The van der Waals surface area contributed by atoms with E-state index in [0.29, 0.717) is 24.6 Å². The summed E-state index contributed by atoms with van der Waals surface area (Å²) in [7, 11) is 0. The normalized spacial score (nSPS) is 29.8. The van der Waals surface area contributed by atoms with Gasteiger partial charge in [-0.3, -0.25) is 14.5 Å². The Bertz CT molecular complexity index is 196. The Morgan fingerprint density at radius 3 is 2.36 bits per heavy atom. The van der Waals surface area contributed by atoms with Gasteiger partial charge in [-0.15, -0.1) is 0 Å². The Morgan fingerprint density at radius 2 is 1.91 bits per heavy atom. The molecule has 1 atom stereocenters. The highest BCUT2D eigenvalue weighted by Gasteiger charge is 2.34. The number of rotatable bonds is 2. The molecule has 2 aliphatic heterocycles. The Hall–Kier alpha value is -0.510. The largest absolute Gasteiger partial charge is 0.281 e. The minimum Gasteiger partial charge on any atom is -0.281 e. The van der Waals surface area contributed by atoms with E-state index in [9.17, 15) is 9.59 Å². The predicted octanol–water partition coefficient (Wildman–Crippen LogP) is 0.251. The Morgan fingerprint density at radius 1 is 1.36 bits per heavy atom. The Labute approximate surface area is 69.1 Å². The molecule has 0 bridgehead atoms. The van der Waals surface area contributed by atoms with Gasteiger partial charge in [0.15, 0.2) is 0 Å². The molecule has 11 heavy (non-hydrogen) atoms. The quantitative estimate of drug-likeness (QED) is 0.441. The predicted molar refractivity (Wildman–Crippen MR) is 42.2 cm³/mol. The zero-order valence-electron chi connectivity index (χ0n) is 6.08. The molecule has 2 amide bonds. The third-order valence-corrected chi connectivity index (χ3v) is 2.90. The van der Waals surface area contributed by atoms with Crippen LogP contribution in [0.5, 0.6) is 0 Å². The second kappa shape index (κ2) is 2.52. The molecule has 2 heterocycles. The van der Waals surface area contributed by atoms with Crippen molar-refractivity contribution in [1.29, 1.82) is 0 Å². The maximum Gasteiger partial charge on any atom is 0.229 e. The van der Waals surface area contributed by atoms with Gasteiger partial charge in [-0.1, -0.05) is 0 Å². The topological polar surface area (TPSA) is 37.4 Å². The van der Waals surface area contributed by atoms with Gasteiger partial charge in [0.05, 0.1) is 0 Å². The smallest absolute Gasteiger partial charge is 0.229 e. The van der Waals surface area contributed by atoms with E-state index in [2.05, 4.69) is 0 Å². The average molecular weight is 171 g/mol. The number of amides is 2. The highest BCUT2D eigenvalue weighted by atomic mass is 32.2. The third-order valence-electron chi connectivity index (χ3n) is 1.94. The van der Waals surface area contributed by atoms with Crippen LogP contribution in [0.15, 0.2) is 0 Å². The summed E-state index contributed by atoms with van der Waals surface area (Å²) in [5.74, 6) is 1.14. The average Bonchev–Trinajstić information content (AvgIpc) is 2.73. The van der Waals surface area contributed by atoms with Crippen LogP contribution in [0.3, 0.4) is 0 Å². The van der Waals surface area contributed by atoms with Crippen LogP contribution < -0.4 is 0 Å². The molecule has 0 N–H and O–H groups in total. The van der Waals surface area contributed by atoms with Gasteiger partial charge in [0.1, 0.15) is 0 Å². The molecule has 0 aromatic carbocycles. The fourth-order valence-electron chi connectivity index (χ4n) is 1.20. The van der Waals surface area contributed by atoms with Crippen LogP contribution in [0.4, 0.5) is 0 Å². The molecule has 60 valence electrons. The summed E-state index contributed by atoms with van der Waals surface area (Å²) in [4.78, 5) is 23.5. The molecule has 0 aromatic heterocycles. The van der Waals surface area contributed by atoms with E-state index in [-0.39, 0.29) is 11.8 Å². The lowest BCUT2D eigenvalue weighted by atomic mass is 10.4. The molecule has 4 heteroatoms. The van der Waals surface area contributed by atoms with Crippen molar-refractivity contribution in [1.82, 2.24) is 4.90 Å². The number of imide groups is 1. The number of thioether (sulfide) groups is 1. The Balaban J connectivity index is 1.97. The van der Waals surface area contributed by atoms with Crippen molar-refractivity contribution < 1.29 is 9.59 Å². The van der Waals surface area contributed by atoms with Gasteiger partial charge in [0.25, 0.3) is 0 Å². The summed E-state index contributed by atoms with van der Waals surface area (Å²) in [6.07, 6.45) is 0.854. The summed E-state index contributed by atoms with van der Waals surface area (Å²) in [5.41, 5.74) is 0. The van der Waals surface area contributed by atoms with E-state index in [1.807, 2.05) is 11.8 Å². The summed E-state index contributed by atoms with van der Waals surface area (Å²) in [5, 5.41) is 0.543. The van der Waals surface area contributed by atoms with Crippen molar-refractivity contribution in [3.8, 4) is 0 Å². The third kappa shape index (κ3) is 1.40.